The van der Waals surface area contributed by atoms with Gasteiger partial charge in [-0.2, -0.15) is 5.10 Å². The van der Waals surface area contributed by atoms with Crippen molar-refractivity contribution >= 4 is 16.9 Å². The van der Waals surface area contributed by atoms with E-state index in [1.165, 1.54) is 0 Å². The summed E-state index contributed by atoms with van der Waals surface area (Å²) < 4.78 is 7.31. The van der Waals surface area contributed by atoms with Gasteiger partial charge in [0.15, 0.2) is 17.3 Å². The molecule has 0 radical (unpaired) electrons. The number of hydrazine groups is 1. The van der Waals surface area contributed by atoms with Gasteiger partial charge in [0.05, 0.1) is 11.6 Å². The highest BCUT2D eigenvalue weighted by atomic mass is 16.5. The average Bonchev–Trinajstić information content (AvgIpc) is 2.79. The number of hydrogen-bond acceptors (Lipinski definition) is 6. The van der Waals surface area contributed by atoms with E-state index in [0.29, 0.717) is 24.2 Å². The van der Waals surface area contributed by atoms with E-state index in [4.69, 9.17) is 10.6 Å². The number of aryl methyl sites for hydroxylation is 1. The van der Waals surface area contributed by atoms with Gasteiger partial charge in [0.2, 0.25) is 0 Å². The standard InChI is InChI=1S/C13H22N6O/c1-9(2)5-4-6-20-8-11-16-12(18-14)10-7-15-19(3)13(10)17-11/h7,9H,4-6,8,14H2,1-3H3,(H,16,17,18). The first-order chi connectivity index (χ1) is 9.61. The summed E-state index contributed by atoms with van der Waals surface area (Å²) in [5.41, 5.74) is 3.32. The second kappa shape index (κ2) is 6.62. The molecule has 0 saturated heterocycles. The Bertz CT molecular complexity index is 565. The van der Waals surface area contributed by atoms with Gasteiger partial charge in [-0.1, -0.05) is 13.8 Å². The molecule has 0 aromatic carbocycles. The SMILES string of the molecule is CC(C)CCCOCc1nc(NN)c2cnn(C)c2n1. The van der Waals surface area contributed by atoms with Crippen molar-refractivity contribution in [1.29, 1.82) is 0 Å². The molecule has 2 aromatic rings. The molecular formula is C13H22N6O. The van der Waals surface area contributed by atoms with Crippen LogP contribution in [0.15, 0.2) is 6.20 Å². The summed E-state index contributed by atoms with van der Waals surface area (Å²) in [6, 6.07) is 0. The number of nitrogens with zero attached hydrogens (tertiary/aromatic N) is 4. The first-order valence-electron chi connectivity index (χ1n) is 6.84. The van der Waals surface area contributed by atoms with Gasteiger partial charge >= 0.3 is 0 Å². The maximum atomic E-state index is 5.61. The van der Waals surface area contributed by atoms with E-state index in [2.05, 4.69) is 34.3 Å². The van der Waals surface area contributed by atoms with Gasteiger partial charge < -0.3 is 10.2 Å². The number of anilines is 1. The largest absolute Gasteiger partial charge is 0.373 e. The molecule has 0 spiro atoms. The molecule has 7 heteroatoms. The van der Waals surface area contributed by atoms with Crippen molar-refractivity contribution in [2.45, 2.75) is 33.3 Å². The number of nitrogens with two attached hydrogens (primary N) is 1. The Morgan fingerprint density at radius 3 is 2.90 bits per heavy atom. The highest BCUT2D eigenvalue weighted by Gasteiger charge is 2.10. The fourth-order valence-electron chi connectivity index (χ4n) is 2.00. The fourth-order valence-corrected chi connectivity index (χ4v) is 2.00. The zero-order valence-electron chi connectivity index (χ0n) is 12.3. The third-order valence-electron chi connectivity index (χ3n) is 3.08. The summed E-state index contributed by atoms with van der Waals surface area (Å²) in [6.45, 7) is 5.52. The van der Waals surface area contributed by atoms with E-state index >= 15 is 0 Å². The molecule has 110 valence electrons. The van der Waals surface area contributed by atoms with E-state index < -0.39 is 0 Å². The lowest BCUT2D eigenvalue weighted by Gasteiger charge is -2.07. The number of nitrogen functional groups attached to an aromatic ring is 1. The van der Waals surface area contributed by atoms with Crippen molar-refractivity contribution in [2.24, 2.45) is 18.8 Å². The molecule has 0 amide bonds. The van der Waals surface area contributed by atoms with E-state index in [0.717, 1.165) is 30.5 Å². The van der Waals surface area contributed by atoms with Crippen LogP contribution in [-0.4, -0.2) is 26.4 Å². The predicted molar refractivity (Wildman–Crippen MR) is 77.8 cm³/mol. The van der Waals surface area contributed by atoms with Crippen LogP contribution < -0.4 is 11.3 Å². The van der Waals surface area contributed by atoms with Crippen LogP contribution in [0.4, 0.5) is 5.82 Å². The number of nitrogens with one attached hydrogen (secondary N) is 1. The van der Waals surface area contributed by atoms with Crippen LogP contribution in [0.1, 0.15) is 32.5 Å². The van der Waals surface area contributed by atoms with E-state index in [1.807, 2.05) is 7.05 Å². The van der Waals surface area contributed by atoms with E-state index in [9.17, 15) is 0 Å². The highest BCUT2D eigenvalue weighted by Crippen LogP contribution is 2.18. The van der Waals surface area contributed by atoms with Gasteiger partial charge in [0.1, 0.15) is 6.61 Å². The monoisotopic (exact) mass is 278 g/mol. The summed E-state index contributed by atoms with van der Waals surface area (Å²) in [5.74, 6) is 7.37. The van der Waals surface area contributed by atoms with Crippen molar-refractivity contribution in [1.82, 2.24) is 19.7 Å². The Hall–Kier alpha value is -1.73. The van der Waals surface area contributed by atoms with Crippen molar-refractivity contribution in [3.63, 3.8) is 0 Å². The van der Waals surface area contributed by atoms with Gasteiger partial charge in [0.25, 0.3) is 0 Å². The van der Waals surface area contributed by atoms with Gasteiger partial charge in [-0.3, -0.25) is 4.68 Å². The lowest BCUT2D eigenvalue weighted by Crippen LogP contribution is -2.12. The van der Waals surface area contributed by atoms with Crippen LogP contribution >= 0.6 is 0 Å². The maximum absolute atomic E-state index is 5.61. The minimum absolute atomic E-state index is 0.383. The van der Waals surface area contributed by atoms with Crippen molar-refractivity contribution in [2.75, 3.05) is 12.0 Å². The summed E-state index contributed by atoms with van der Waals surface area (Å²) in [4.78, 5) is 8.78. The molecule has 0 aliphatic heterocycles. The number of fused-ring (bicyclic) bond motifs is 1. The normalized spacial score (nSPS) is 11.4. The quantitative estimate of drug-likeness (QED) is 0.454. The summed E-state index contributed by atoms with van der Waals surface area (Å²) >= 11 is 0. The van der Waals surface area contributed by atoms with Crippen LogP contribution in [-0.2, 0) is 18.4 Å². The molecular weight excluding hydrogens is 256 g/mol. The molecule has 0 atom stereocenters. The molecule has 2 aromatic heterocycles. The zero-order chi connectivity index (χ0) is 14.5. The Morgan fingerprint density at radius 1 is 1.40 bits per heavy atom. The van der Waals surface area contributed by atoms with Gasteiger partial charge in [0, 0.05) is 13.7 Å². The Morgan fingerprint density at radius 2 is 2.20 bits per heavy atom. The molecule has 0 saturated carbocycles. The third kappa shape index (κ3) is 3.43. The number of aromatic nitrogens is 4. The van der Waals surface area contributed by atoms with Gasteiger partial charge in [-0.25, -0.2) is 15.8 Å². The maximum Gasteiger partial charge on any atom is 0.163 e. The molecule has 0 aliphatic rings. The Balaban J connectivity index is 2.01. The third-order valence-corrected chi connectivity index (χ3v) is 3.08. The Labute approximate surface area is 118 Å². The van der Waals surface area contributed by atoms with Crippen molar-refractivity contribution in [3.05, 3.63) is 12.0 Å². The summed E-state index contributed by atoms with van der Waals surface area (Å²) in [5, 5.41) is 4.96. The van der Waals surface area contributed by atoms with E-state index in [-0.39, 0.29) is 0 Å². The van der Waals surface area contributed by atoms with Crippen LogP contribution in [0.5, 0.6) is 0 Å². The number of ether oxygens (including phenoxy) is 1. The average molecular weight is 278 g/mol. The molecule has 0 aliphatic carbocycles. The van der Waals surface area contributed by atoms with Crippen LogP contribution in [0.3, 0.4) is 0 Å². The van der Waals surface area contributed by atoms with Crippen LogP contribution in [0.25, 0.3) is 11.0 Å². The molecule has 20 heavy (non-hydrogen) atoms. The van der Waals surface area contributed by atoms with Gasteiger partial charge in [-0.05, 0) is 18.8 Å². The predicted octanol–water partition coefficient (Wildman–Crippen LogP) is 1.60. The summed E-state index contributed by atoms with van der Waals surface area (Å²) in [6.07, 6.45) is 3.91. The van der Waals surface area contributed by atoms with E-state index in [1.54, 1.807) is 10.9 Å². The van der Waals surface area contributed by atoms with Gasteiger partial charge in [-0.15, -0.1) is 0 Å². The zero-order valence-corrected chi connectivity index (χ0v) is 12.3. The molecule has 7 nitrogen and oxygen atoms in total. The van der Waals surface area contributed by atoms with Crippen molar-refractivity contribution in [3.8, 4) is 0 Å². The second-order valence-corrected chi connectivity index (χ2v) is 5.23. The first kappa shape index (κ1) is 14.7. The first-order valence-corrected chi connectivity index (χ1v) is 6.84. The smallest absolute Gasteiger partial charge is 0.163 e. The topological polar surface area (TPSA) is 90.9 Å². The van der Waals surface area contributed by atoms with Crippen LogP contribution in [0.2, 0.25) is 0 Å². The fraction of sp³-hybridized carbons (Fsp3) is 0.615. The second-order valence-electron chi connectivity index (χ2n) is 5.23. The summed E-state index contributed by atoms with van der Waals surface area (Å²) in [7, 11) is 1.84. The van der Waals surface area contributed by atoms with Crippen LogP contribution in [0, 0.1) is 5.92 Å². The minimum Gasteiger partial charge on any atom is -0.373 e. The highest BCUT2D eigenvalue weighted by molar-refractivity contribution is 5.86. The lowest BCUT2D eigenvalue weighted by atomic mass is 10.1. The van der Waals surface area contributed by atoms with Crippen molar-refractivity contribution < 1.29 is 4.74 Å². The minimum atomic E-state index is 0.383. The molecule has 2 rings (SSSR count). The lowest BCUT2D eigenvalue weighted by molar-refractivity contribution is 0.110. The molecule has 0 fully saturated rings. The molecule has 3 N–H and O–H groups in total. The Kier molecular flexibility index (Phi) is 4.86. The molecule has 2 heterocycles. The number of hydrogen-bond donors (Lipinski definition) is 2. The molecule has 0 unspecified atom stereocenters. The molecule has 0 bridgehead atoms. The number of rotatable bonds is 7.